The van der Waals surface area contributed by atoms with Crippen LogP contribution in [0.25, 0.3) is 0 Å². The number of aromatic hydroxyl groups is 1. The highest BCUT2D eigenvalue weighted by atomic mass is 79.9. The van der Waals surface area contributed by atoms with Crippen LogP contribution in [0, 0.1) is 0 Å². The van der Waals surface area contributed by atoms with Gasteiger partial charge in [-0.05, 0) is 25.1 Å². The van der Waals surface area contributed by atoms with Crippen LogP contribution in [0.2, 0.25) is 0 Å². The van der Waals surface area contributed by atoms with Gasteiger partial charge in [0.1, 0.15) is 11.4 Å². The number of aliphatic hydroxyl groups is 1. The minimum Gasteiger partial charge on any atom is -0.508 e. The number of hydrogen-bond donors (Lipinski definition) is 3. The Morgan fingerprint density at radius 1 is 1.43 bits per heavy atom. The number of phenolic OH excluding ortho intramolecular Hbond substituents is 1. The summed E-state index contributed by atoms with van der Waals surface area (Å²) in [4.78, 5) is 0. The van der Waals surface area contributed by atoms with Crippen LogP contribution in [0.3, 0.4) is 0 Å². The summed E-state index contributed by atoms with van der Waals surface area (Å²) in [5.41, 5.74) is -0.309. The Hall–Kier alpha value is -0.580. The van der Waals surface area contributed by atoms with E-state index in [1.165, 1.54) is 0 Å². The molecule has 76 valence electrons. The first kappa shape index (κ1) is 9.96. The number of benzene rings is 1. The number of nitrogens with one attached hydrogen (secondary N) is 1. The van der Waals surface area contributed by atoms with E-state index in [1.54, 1.807) is 12.1 Å². The summed E-state index contributed by atoms with van der Waals surface area (Å²) in [6, 6.07) is 5.18. The Morgan fingerprint density at radius 2 is 2.21 bits per heavy atom. The van der Waals surface area contributed by atoms with Gasteiger partial charge in [-0.25, -0.2) is 0 Å². The first-order chi connectivity index (χ1) is 6.62. The van der Waals surface area contributed by atoms with E-state index >= 15 is 0 Å². The summed E-state index contributed by atoms with van der Waals surface area (Å²) in [7, 11) is 0. The van der Waals surface area contributed by atoms with Crippen molar-refractivity contribution in [1.82, 2.24) is 5.32 Å². The van der Waals surface area contributed by atoms with Gasteiger partial charge in [-0.3, -0.25) is 0 Å². The van der Waals surface area contributed by atoms with Crippen LogP contribution >= 0.6 is 15.9 Å². The van der Waals surface area contributed by atoms with Gasteiger partial charge >= 0.3 is 0 Å². The third-order valence-electron chi connectivity index (χ3n) is 2.59. The average Bonchev–Trinajstić information content (AvgIpc) is 2.52. The van der Waals surface area contributed by atoms with Crippen LogP contribution in [0.5, 0.6) is 5.75 Å². The molecule has 1 saturated heterocycles. The molecule has 3 nitrogen and oxygen atoms in total. The van der Waals surface area contributed by atoms with Gasteiger partial charge in [0.2, 0.25) is 0 Å². The molecule has 0 radical (unpaired) electrons. The van der Waals surface area contributed by atoms with Crippen LogP contribution < -0.4 is 5.32 Å². The second-order valence-corrected chi connectivity index (χ2v) is 4.54. The Morgan fingerprint density at radius 3 is 2.79 bits per heavy atom. The first-order valence-electron chi connectivity index (χ1n) is 4.54. The van der Waals surface area contributed by atoms with Crippen molar-refractivity contribution >= 4 is 15.9 Å². The maximum absolute atomic E-state index is 10.2. The second-order valence-electron chi connectivity index (χ2n) is 3.62. The number of rotatable bonds is 1. The van der Waals surface area contributed by atoms with Gasteiger partial charge < -0.3 is 15.5 Å². The van der Waals surface area contributed by atoms with E-state index in [0.717, 1.165) is 11.0 Å². The maximum atomic E-state index is 10.2. The number of hydrogen-bond acceptors (Lipinski definition) is 3. The zero-order chi connectivity index (χ0) is 10.2. The lowest BCUT2D eigenvalue weighted by Crippen LogP contribution is -2.28. The van der Waals surface area contributed by atoms with Crippen molar-refractivity contribution < 1.29 is 10.2 Å². The topological polar surface area (TPSA) is 52.5 Å². The molecule has 1 aliphatic rings. The van der Waals surface area contributed by atoms with Crippen molar-refractivity contribution in [3.8, 4) is 5.75 Å². The van der Waals surface area contributed by atoms with Crippen molar-refractivity contribution in [2.75, 3.05) is 13.1 Å². The van der Waals surface area contributed by atoms with E-state index < -0.39 is 5.60 Å². The molecule has 1 atom stereocenters. The molecule has 1 heterocycles. The highest BCUT2D eigenvalue weighted by Gasteiger charge is 2.35. The quantitative estimate of drug-likeness (QED) is 0.712. The molecule has 14 heavy (non-hydrogen) atoms. The number of halogens is 1. The highest BCUT2D eigenvalue weighted by Crippen LogP contribution is 2.35. The van der Waals surface area contributed by atoms with E-state index in [0.29, 0.717) is 18.5 Å². The minimum absolute atomic E-state index is 0.144. The molecular weight excluding hydrogens is 246 g/mol. The summed E-state index contributed by atoms with van der Waals surface area (Å²) in [6.07, 6.45) is 0.641. The fourth-order valence-corrected chi connectivity index (χ4v) is 2.16. The van der Waals surface area contributed by atoms with Gasteiger partial charge in [0.05, 0.1) is 0 Å². The molecule has 0 bridgehead atoms. The molecule has 1 aliphatic heterocycles. The summed E-state index contributed by atoms with van der Waals surface area (Å²) in [6.45, 7) is 1.29. The minimum atomic E-state index is -0.912. The van der Waals surface area contributed by atoms with Crippen molar-refractivity contribution in [2.24, 2.45) is 0 Å². The molecule has 2 rings (SSSR count). The van der Waals surface area contributed by atoms with Crippen molar-refractivity contribution in [1.29, 1.82) is 0 Å². The molecular formula is C10H12BrNO2. The second kappa shape index (κ2) is 3.53. The molecule has 0 saturated carbocycles. The lowest BCUT2D eigenvalue weighted by Gasteiger charge is -2.22. The SMILES string of the molecule is Oc1cc(Br)ccc1C1(O)CCNC1. The van der Waals surface area contributed by atoms with Gasteiger partial charge in [0.25, 0.3) is 0 Å². The van der Waals surface area contributed by atoms with E-state index in [-0.39, 0.29) is 5.75 Å². The lowest BCUT2D eigenvalue weighted by molar-refractivity contribution is 0.0562. The van der Waals surface area contributed by atoms with Gasteiger partial charge in [-0.2, -0.15) is 0 Å². The van der Waals surface area contributed by atoms with Crippen LogP contribution in [-0.2, 0) is 5.60 Å². The summed E-state index contributed by atoms with van der Waals surface area (Å²) >= 11 is 3.27. The lowest BCUT2D eigenvalue weighted by atomic mass is 9.92. The van der Waals surface area contributed by atoms with Crippen LogP contribution in [0.1, 0.15) is 12.0 Å². The van der Waals surface area contributed by atoms with Gasteiger partial charge in [-0.15, -0.1) is 0 Å². The molecule has 3 N–H and O–H groups in total. The molecule has 1 fully saturated rings. The Bertz CT molecular complexity index is 348. The Labute approximate surface area is 90.9 Å². The maximum Gasteiger partial charge on any atom is 0.122 e. The third-order valence-corrected chi connectivity index (χ3v) is 3.09. The fraction of sp³-hybridized carbons (Fsp3) is 0.400. The predicted octanol–water partition coefficient (Wildman–Crippen LogP) is 1.34. The highest BCUT2D eigenvalue weighted by molar-refractivity contribution is 9.10. The molecule has 1 aromatic carbocycles. The van der Waals surface area contributed by atoms with Gasteiger partial charge in [0, 0.05) is 16.6 Å². The molecule has 0 aromatic heterocycles. The zero-order valence-corrected chi connectivity index (χ0v) is 9.21. The summed E-state index contributed by atoms with van der Waals surface area (Å²) in [5.74, 6) is 0.144. The van der Waals surface area contributed by atoms with Crippen molar-refractivity contribution in [3.63, 3.8) is 0 Å². The number of β-amino-alcohol motifs (C(OH)–C–C–N with tert-alkyl or cyclic N) is 1. The van der Waals surface area contributed by atoms with Gasteiger partial charge in [0.15, 0.2) is 0 Å². The smallest absolute Gasteiger partial charge is 0.122 e. The van der Waals surface area contributed by atoms with Crippen LogP contribution in [-0.4, -0.2) is 23.3 Å². The Balaban J connectivity index is 2.40. The monoisotopic (exact) mass is 257 g/mol. The molecule has 1 aromatic rings. The molecule has 0 amide bonds. The van der Waals surface area contributed by atoms with Gasteiger partial charge in [-0.1, -0.05) is 22.0 Å². The molecule has 0 aliphatic carbocycles. The largest absolute Gasteiger partial charge is 0.508 e. The van der Waals surface area contributed by atoms with Crippen molar-refractivity contribution in [2.45, 2.75) is 12.0 Å². The first-order valence-corrected chi connectivity index (χ1v) is 5.33. The fourth-order valence-electron chi connectivity index (χ4n) is 1.81. The normalized spacial score (nSPS) is 26.7. The molecule has 4 heteroatoms. The van der Waals surface area contributed by atoms with E-state index in [4.69, 9.17) is 0 Å². The zero-order valence-electron chi connectivity index (χ0n) is 7.63. The Kier molecular flexibility index (Phi) is 2.51. The van der Waals surface area contributed by atoms with E-state index in [1.807, 2.05) is 6.07 Å². The molecule has 0 spiro atoms. The molecule has 1 unspecified atom stereocenters. The average molecular weight is 258 g/mol. The summed E-state index contributed by atoms with van der Waals surface area (Å²) < 4.78 is 0.813. The van der Waals surface area contributed by atoms with Crippen molar-refractivity contribution in [3.05, 3.63) is 28.2 Å². The van der Waals surface area contributed by atoms with E-state index in [9.17, 15) is 10.2 Å². The van der Waals surface area contributed by atoms with Crippen LogP contribution in [0.15, 0.2) is 22.7 Å². The third kappa shape index (κ3) is 1.65. The van der Waals surface area contributed by atoms with Crippen LogP contribution in [0.4, 0.5) is 0 Å². The standard InChI is InChI=1S/C10H12BrNO2/c11-7-1-2-8(9(13)5-7)10(14)3-4-12-6-10/h1-2,5,12-14H,3-4,6H2. The number of phenols is 1. The van der Waals surface area contributed by atoms with E-state index in [2.05, 4.69) is 21.2 Å². The summed E-state index contributed by atoms with van der Waals surface area (Å²) in [5, 5.41) is 23.0. The predicted molar refractivity (Wildman–Crippen MR) is 57.2 cm³/mol.